The molecule has 2 aromatic rings. The smallest absolute Gasteiger partial charge is 0.337 e. The van der Waals surface area contributed by atoms with Crippen LogP contribution in [-0.2, 0) is 14.8 Å². The fourth-order valence-electron chi connectivity index (χ4n) is 3.76. The summed E-state index contributed by atoms with van der Waals surface area (Å²) in [4.78, 5) is 11.8. The van der Waals surface area contributed by atoms with Crippen LogP contribution in [0, 0.1) is 0 Å². The van der Waals surface area contributed by atoms with Gasteiger partial charge in [0.25, 0.3) is 0 Å². The van der Waals surface area contributed by atoms with Gasteiger partial charge in [-0.25, -0.2) is 13.2 Å². The Balaban J connectivity index is 1.62. The molecule has 0 amide bonds. The number of ether oxygens (including phenoxy) is 3. The SMILES string of the molecule is COC(=O)c1ccc(S(=O)(=O)N2CCCC2c2ccc3c(c2)OCCCO3)cc1. The van der Waals surface area contributed by atoms with Crippen LogP contribution in [0.3, 0.4) is 0 Å². The van der Waals surface area contributed by atoms with Crippen molar-refractivity contribution in [3.8, 4) is 11.5 Å². The molecule has 2 aromatic carbocycles. The van der Waals surface area contributed by atoms with Crippen LogP contribution in [0.5, 0.6) is 11.5 Å². The van der Waals surface area contributed by atoms with Crippen molar-refractivity contribution in [3.63, 3.8) is 0 Å². The molecule has 29 heavy (non-hydrogen) atoms. The molecule has 1 saturated heterocycles. The van der Waals surface area contributed by atoms with Crippen molar-refractivity contribution in [2.75, 3.05) is 26.9 Å². The van der Waals surface area contributed by atoms with Crippen molar-refractivity contribution in [3.05, 3.63) is 53.6 Å². The van der Waals surface area contributed by atoms with Gasteiger partial charge in [0.05, 0.1) is 36.8 Å². The first-order valence-electron chi connectivity index (χ1n) is 9.60. The summed E-state index contributed by atoms with van der Waals surface area (Å²) in [5.74, 6) is 0.851. The zero-order valence-corrected chi connectivity index (χ0v) is 17.0. The number of rotatable bonds is 4. The standard InChI is InChI=1S/C21H23NO6S/c1-26-21(23)15-5-8-17(9-6-15)29(24,25)22-11-2-4-18(22)16-7-10-19-20(14-16)28-13-3-12-27-19/h5-10,14,18H,2-4,11-13H2,1H3. The van der Waals surface area contributed by atoms with Gasteiger partial charge in [0, 0.05) is 13.0 Å². The van der Waals surface area contributed by atoms with Gasteiger partial charge in [-0.05, 0) is 54.8 Å². The Morgan fingerprint density at radius 3 is 2.48 bits per heavy atom. The van der Waals surface area contributed by atoms with Crippen LogP contribution in [0.2, 0.25) is 0 Å². The van der Waals surface area contributed by atoms with E-state index in [-0.39, 0.29) is 10.9 Å². The molecular formula is C21H23NO6S. The summed E-state index contributed by atoms with van der Waals surface area (Å²) >= 11 is 0. The van der Waals surface area contributed by atoms with E-state index in [0.717, 1.165) is 24.8 Å². The van der Waals surface area contributed by atoms with Crippen LogP contribution in [-0.4, -0.2) is 45.6 Å². The quantitative estimate of drug-likeness (QED) is 0.711. The monoisotopic (exact) mass is 417 g/mol. The summed E-state index contributed by atoms with van der Waals surface area (Å²) in [6.45, 7) is 1.63. The number of hydrogen-bond donors (Lipinski definition) is 0. The fourth-order valence-corrected chi connectivity index (χ4v) is 5.45. The average molecular weight is 417 g/mol. The van der Waals surface area contributed by atoms with E-state index in [1.807, 2.05) is 18.2 Å². The molecule has 0 spiro atoms. The van der Waals surface area contributed by atoms with Crippen molar-refractivity contribution < 1.29 is 27.4 Å². The molecular weight excluding hydrogens is 394 g/mol. The molecule has 8 heteroatoms. The number of methoxy groups -OCH3 is 1. The maximum atomic E-state index is 13.3. The molecule has 2 aliphatic heterocycles. The molecule has 7 nitrogen and oxygen atoms in total. The zero-order valence-electron chi connectivity index (χ0n) is 16.2. The molecule has 0 radical (unpaired) electrons. The van der Waals surface area contributed by atoms with Crippen molar-refractivity contribution in [2.24, 2.45) is 0 Å². The highest BCUT2D eigenvalue weighted by Gasteiger charge is 2.36. The molecule has 0 bridgehead atoms. The molecule has 2 aliphatic rings. The van der Waals surface area contributed by atoms with Crippen LogP contribution in [0.4, 0.5) is 0 Å². The number of hydrogen-bond acceptors (Lipinski definition) is 6. The van der Waals surface area contributed by atoms with E-state index in [2.05, 4.69) is 4.74 Å². The molecule has 0 aliphatic carbocycles. The lowest BCUT2D eigenvalue weighted by atomic mass is 10.0. The number of fused-ring (bicyclic) bond motifs is 1. The van der Waals surface area contributed by atoms with Crippen LogP contribution >= 0.6 is 0 Å². The molecule has 154 valence electrons. The second-order valence-corrected chi connectivity index (χ2v) is 8.94. The van der Waals surface area contributed by atoms with Crippen LogP contribution in [0.1, 0.15) is 41.2 Å². The second-order valence-electron chi connectivity index (χ2n) is 7.05. The van der Waals surface area contributed by atoms with Gasteiger partial charge in [-0.15, -0.1) is 0 Å². The summed E-state index contributed by atoms with van der Waals surface area (Å²) in [7, 11) is -2.42. The van der Waals surface area contributed by atoms with Crippen molar-refractivity contribution in [1.29, 1.82) is 0 Å². The molecule has 1 fully saturated rings. The van der Waals surface area contributed by atoms with Gasteiger partial charge in [0.1, 0.15) is 0 Å². The van der Waals surface area contributed by atoms with Crippen molar-refractivity contribution >= 4 is 16.0 Å². The Morgan fingerprint density at radius 2 is 1.76 bits per heavy atom. The molecule has 2 heterocycles. The number of benzene rings is 2. The molecule has 0 saturated carbocycles. The van der Waals surface area contributed by atoms with E-state index in [1.165, 1.54) is 35.7 Å². The first-order valence-corrected chi connectivity index (χ1v) is 11.0. The zero-order chi connectivity index (χ0) is 20.4. The van der Waals surface area contributed by atoms with Gasteiger partial charge in [-0.1, -0.05) is 6.07 Å². The third-order valence-electron chi connectivity index (χ3n) is 5.24. The van der Waals surface area contributed by atoms with Crippen LogP contribution < -0.4 is 9.47 Å². The predicted molar refractivity (Wildman–Crippen MR) is 106 cm³/mol. The summed E-state index contributed by atoms with van der Waals surface area (Å²) in [5.41, 5.74) is 1.20. The predicted octanol–water partition coefficient (Wildman–Crippen LogP) is 3.16. The van der Waals surface area contributed by atoms with E-state index < -0.39 is 16.0 Å². The summed E-state index contributed by atoms with van der Waals surface area (Å²) in [5, 5.41) is 0. The first kappa shape index (κ1) is 19.7. The lowest BCUT2D eigenvalue weighted by molar-refractivity contribution is 0.0600. The van der Waals surface area contributed by atoms with E-state index in [1.54, 1.807) is 0 Å². The Bertz CT molecular complexity index is 1000. The fraction of sp³-hybridized carbons (Fsp3) is 0.381. The molecule has 0 aromatic heterocycles. The summed E-state index contributed by atoms with van der Waals surface area (Å²) in [6.07, 6.45) is 2.33. The highest BCUT2D eigenvalue weighted by molar-refractivity contribution is 7.89. The van der Waals surface area contributed by atoms with Gasteiger partial charge in [0.2, 0.25) is 10.0 Å². The highest BCUT2D eigenvalue weighted by Crippen LogP contribution is 2.40. The Kier molecular flexibility index (Phi) is 5.47. The highest BCUT2D eigenvalue weighted by atomic mass is 32.2. The van der Waals surface area contributed by atoms with Crippen molar-refractivity contribution in [1.82, 2.24) is 4.31 Å². The van der Waals surface area contributed by atoms with E-state index in [9.17, 15) is 13.2 Å². The minimum atomic E-state index is -3.70. The third-order valence-corrected chi connectivity index (χ3v) is 7.16. The molecule has 4 rings (SSSR count). The minimum Gasteiger partial charge on any atom is -0.490 e. The molecule has 1 unspecified atom stereocenters. The molecule has 0 N–H and O–H groups in total. The number of carbonyl (C=O) groups is 1. The van der Waals surface area contributed by atoms with E-state index in [4.69, 9.17) is 9.47 Å². The summed E-state index contributed by atoms with van der Waals surface area (Å²) < 4.78 is 44.2. The first-order chi connectivity index (χ1) is 14.0. The lowest BCUT2D eigenvalue weighted by Gasteiger charge is -2.25. The Hall–Kier alpha value is -2.58. The minimum absolute atomic E-state index is 0.159. The molecule has 1 atom stereocenters. The average Bonchev–Trinajstić information content (AvgIpc) is 3.13. The van der Waals surface area contributed by atoms with Gasteiger partial charge in [0.15, 0.2) is 11.5 Å². The van der Waals surface area contributed by atoms with Crippen LogP contribution in [0.25, 0.3) is 0 Å². The third kappa shape index (κ3) is 3.82. The van der Waals surface area contributed by atoms with Gasteiger partial charge < -0.3 is 14.2 Å². The normalized spacial score (nSPS) is 19.6. The number of esters is 1. The van der Waals surface area contributed by atoms with Gasteiger partial charge >= 0.3 is 5.97 Å². The number of carbonyl (C=O) groups excluding carboxylic acids is 1. The maximum absolute atomic E-state index is 13.3. The van der Waals surface area contributed by atoms with Crippen molar-refractivity contribution in [2.45, 2.75) is 30.2 Å². The number of nitrogens with zero attached hydrogens (tertiary/aromatic N) is 1. The van der Waals surface area contributed by atoms with Crippen LogP contribution in [0.15, 0.2) is 47.4 Å². The largest absolute Gasteiger partial charge is 0.490 e. The van der Waals surface area contributed by atoms with E-state index in [0.29, 0.717) is 36.8 Å². The Labute approximate surface area is 170 Å². The maximum Gasteiger partial charge on any atom is 0.337 e. The van der Waals surface area contributed by atoms with E-state index >= 15 is 0 Å². The lowest BCUT2D eigenvalue weighted by Crippen LogP contribution is -2.30. The summed E-state index contributed by atoms with van der Waals surface area (Å²) in [6, 6.07) is 11.2. The van der Waals surface area contributed by atoms with Gasteiger partial charge in [-0.3, -0.25) is 0 Å². The Morgan fingerprint density at radius 1 is 1.03 bits per heavy atom. The topological polar surface area (TPSA) is 82.1 Å². The second kappa shape index (κ2) is 8.04. The number of sulfonamides is 1. The van der Waals surface area contributed by atoms with Gasteiger partial charge in [-0.2, -0.15) is 4.31 Å².